The van der Waals surface area contributed by atoms with E-state index in [0.717, 1.165) is 18.4 Å². The molecule has 0 aliphatic carbocycles. The monoisotopic (exact) mass is 482 g/mol. The van der Waals surface area contributed by atoms with Crippen LogP contribution in [0.25, 0.3) is 11.2 Å². The molecule has 3 heterocycles. The van der Waals surface area contributed by atoms with E-state index in [2.05, 4.69) is 15.3 Å². The Kier molecular flexibility index (Phi) is 5.86. The van der Waals surface area contributed by atoms with Crippen LogP contribution >= 0.6 is 23.2 Å². The van der Waals surface area contributed by atoms with Crippen LogP contribution < -0.4 is 5.56 Å². The molecule has 5 rings (SSSR count). The van der Waals surface area contributed by atoms with E-state index in [4.69, 9.17) is 28.2 Å². The number of aromatic nitrogens is 5. The summed E-state index contributed by atoms with van der Waals surface area (Å²) in [7, 11) is 0. The molecule has 1 aliphatic heterocycles. The van der Waals surface area contributed by atoms with Crippen molar-refractivity contribution in [3.05, 3.63) is 85.9 Å². The number of rotatable bonds is 4. The highest BCUT2D eigenvalue weighted by Gasteiger charge is 2.28. The number of carbonyl (C=O) groups excluding carboxylic acids is 1. The van der Waals surface area contributed by atoms with E-state index in [1.54, 1.807) is 39.9 Å². The number of halogens is 2. The molecule has 0 radical (unpaired) electrons. The summed E-state index contributed by atoms with van der Waals surface area (Å²) in [4.78, 5) is 35.0. The van der Waals surface area contributed by atoms with Gasteiger partial charge in [0.2, 0.25) is 0 Å². The molecule has 1 N–H and O–H groups in total. The summed E-state index contributed by atoms with van der Waals surface area (Å²) in [6.07, 6.45) is 1.61. The minimum Gasteiger partial charge on any atom is -0.338 e. The van der Waals surface area contributed by atoms with E-state index >= 15 is 0 Å². The van der Waals surface area contributed by atoms with E-state index in [0.29, 0.717) is 46.7 Å². The Bertz CT molecular complexity index is 1400. The van der Waals surface area contributed by atoms with Gasteiger partial charge in [-0.05, 0) is 42.7 Å². The van der Waals surface area contributed by atoms with Crippen LogP contribution in [0.3, 0.4) is 0 Å². The van der Waals surface area contributed by atoms with Gasteiger partial charge in [0.05, 0.1) is 6.54 Å². The lowest BCUT2D eigenvalue weighted by molar-refractivity contribution is 0.0704. The van der Waals surface area contributed by atoms with Gasteiger partial charge in [-0.15, -0.1) is 5.10 Å². The molecule has 33 heavy (non-hydrogen) atoms. The number of nitrogens with one attached hydrogen (secondary N) is 1. The van der Waals surface area contributed by atoms with Crippen LogP contribution in [0.4, 0.5) is 0 Å². The lowest BCUT2D eigenvalue weighted by atomic mass is 9.96. The van der Waals surface area contributed by atoms with Crippen molar-refractivity contribution in [1.29, 1.82) is 0 Å². The minimum absolute atomic E-state index is 0.0870. The smallest absolute Gasteiger partial charge is 0.281 e. The zero-order chi connectivity index (χ0) is 22.9. The standard InChI is InChI=1S/C23H20Cl2N6O2/c24-17-8-3-6-14(11-17)23(33)30-10-4-7-16(12-30)20-26-21-19(22(32)27-20)28-29-31(21)13-15-5-1-2-9-18(15)25/h1-3,5-6,8-9,11,16H,4,7,10,12-13H2,(H,26,27,32)/t16-/m1/s1. The van der Waals surface area contributed by atoms with Gasteiger partial charge in [-0.25, -0.2) is 9.67 Å². The van der Waals surface area contributed by atoms with Gasteiger partial charge in [0.1, 0.15) is 5.82 Å². The van der Waals surface area contributed by atoms with Gasteiger partial charge in [0.25, 0.3) is 11.5 Å². The second-order valence-corrected chi connectivity index (χ2v) is 8.91. The van der Waals surface area contributed by atoms with E-state index in [1.165, 1.54) is 0 Å². The van der Waals surface area contributed by atoms with Crippen molar-refractivity contribution >= 4 is 40.3 Å². The third kappa shape index (κ3) is 4.36. The number of amides is 1. The molecule has 1 amide bonds. The molecule has 8 nitrogen and oxygen atoms in total. The van der Waals surface area contributed by atoms with E-state index < -0.39 is 0 Å². The zero-order valence-electron chi connectivity index (χ0n) is 17.5. The number of fused-ring (bicyclic) bond motifs is 1. The van der Waals surface area contributed by atoms with Crippen LogP contribution in [-0.2, 0) is 6.54 Å². The minimum atomic E-state index is -0.348. The molecule has 1 saturated heterocycles. The SMILES string of the molecule is O=C(c1cccc(Cl)c1)N1CCC[C@@H](c2nc3c(nnn3Cc3ccccc3Cl)c(=O)[nH]2)C1. The highest BCUT2D eigenvalue weighted by atomic mass is 35.5. The highest BCUT2D eigenvalue weighted by Crippen LogP contribution is 2.26. The quantitative estimate of drug-likeness (QED) is 0.475. The van der Waals surface area contributed by atoms with Crippen LogP contribution in [-0.4, -0.2) is 48.9 Å². The molecule has 1 aliphatic rings. The van der Waals surface area contributed by atoms with Crippen LogP contribution in [0, 0.1) is 0 Å². The molecule has 1 fully saturated rings. The summed E-state index contributed by atoms with van der Waals surface area (Å²) in [5, 5.41) is 9.25. The molecule has 0 spiro atoms. The first-order valence-electron chi connectivity index (χ1n) is 10.6. The fourth-order valence-electron chi connectivity index (χ4n) is 4.16. The second-order valence-electron chi connectivity index (χ2n) is 8.06. The van der Waals surface area contributed by atoms with Crippen molar-refractivity contribution in [2.75, 3.05) is 13.1 Å². The number of hydrogen-bond acceptors (Lipinski definition) is 5. The maximum Gasteiger partial charge on any atom is 0.281 e. The predicted octanol–water partition coefficient (Wildman–Crippen LogP) is 3.89. The summed E-state index contributed by atoms with van der Waals surface area (Å²) in [5.41, 5.74) is 1.62. The number of likely N-dealkylation sites (tertiary alicyclic amines) is 1. The normalized spacial score (nSPS) is 16.3. The molecule has 2 aromatic carbocycles. The number of aromatic amines is 1. The predicted molar refractivity (Wildman–Crippen MR) is 126 cm³/mol. The van der Waals surface area contributed by atoms with Crippen LogP contribution in [0.1, 0.15) is 40.5 Å². The van der Waals surface area contributed by atoms with Gasteiger partial charge in [-0.3, -0.25) is 9.59 Å². The third-order valence-electron chi connectivity index (χ3n) is 5.84. The molecule has 2 aromatic heterocycles. The first-order chi connectivity index (χ1) is 16.0. The Morgan fingerprint density at radius 2 is 2.00 bits per heavy atom. The third-order valence-corrected chi connectivity index (χ3v) is 6.44. The molecule has 168 valence electrons. The largest absolute Gasteiger partial charge is 0.338 e. The molecule has 0 bridgehead atoms. The summed E-state index contributed by atoms with van der Waals surface area (Å²) in [6, 6.07) is 14.4. The topological polar surface area (TPSA) is 96.8 Å². The van der Waals surface area contributed by atoms with Crippen molar-refractivity contribution in [2.45, 2.75) is 25.3 Å². The van der Waals surface area contributed by atoms with Crippen molar-refractivity contribution in [3.63, 3.8) is 0 Å². The summed E-state index contributed by atoms with van der Waals surface area (Å²) in [5.74, 6) is 0.331. The van der Waals surface area contributed by atoms with Crippen molar-refractivity contribution < 1.29 is 4.79 Å². The number of piperidine rings is 1. The van der Waals surface area contributed by atoms with Gasteiger partial charge in [-0.2, -0.15) is 0 Å². The average molecular weight is 483 g/mol. The average Bonchev–Trinajstić information content (AvgIpc) is 3.23. The molecular weight excluding hydrogens is 463 g/mol. The maximum atomic E-state index is 13.0. The zero-order valence-corrected chi connectivity index (χ0v) is 19.1. The molecule has 0 unspecified atom stereocenters. The van der Waals surface area contributed by atoms with Crippen molar-refractivity contribution in [1.82, 2.24) is 29.9 Å². The van der Waals surface area contributed by atoms with Gasteiger partial charge < -0.3 is 9.88 Å². The van der Waals surface area contributed by atoms with Crippen LogP contribution in [0.15, 0.2) is 53.3 Å². The number of benzene rings is 2. The second kappa shape index (κ2) is 8.96. The fraction of sp³-hybridized carbons (Fsp3) is 0.261. The number of H-pyrrole nitrogens is 1. The van der Waals surface area contributed by atoms with Crippen LogP contribution in [0.2, 0.25) is 10.0 Å². The summed E-state index contributed by atoms with van der Waals surface area (Å²) >= 11 is 12.3. The van der Waals surface area contributed by atoms with E-state index in [-0.39, 0.29) is 22.9 Å². The Hall–Kier alpha value is -3.23. The Labute approximate surface area is 199 Å². The van der Waals surface area contributed by atoms with Gasteiger partial charge in [0.15, 0.2) is 11.2 Å². The number of nitrogens with zero attached hydrogens (tertiary/aromatic N) is 5. The van der Waals surface area contributed by atoms with Gasteiger partial charge >= 0.3 is 0 Å². The van der Waals surface area contributed by atoms with E-state index in [1.807, 2.05) is 18.2 Å². The van der Waals surface area contributed by atoms with Crippen molar-refractivity contribution in [3.8, 4) is 0 Å². The lowest BCUT2D eigenvalue weighted by Crippen LogP contribution is -2.40. The van der Waals surface area contributed by atoms with E-state index in [9.17, 15) is 9.59 Å². The molecule has 10 heteroatoms. The Morgan fingerprint density at radius 3 is 2.82 bits per heavy atom. The Morgan fingerprint density at radius 1 is 1.15 bits per heavy atom. The summed E-state index contributed by atoms with van der Waals surface area (Å²) < 4.78 is 1.58. The number of carbonyl (C=O) groups is 1. The summed E-state index contributed by atoms with van der Waals surface area (Å²) in [6.45, 7) is 1.43. The molecule has 4 aromatic rings. The number of hydrogen-bond donors (Lipinski definition) is 1. The lowest BCUT2D eigenvalue weighted by Gasteiger charge is -2.32. The highest BCUT2D eigenvalue weighted by molar-refractivity contribution is 6.31. The first kappa shape index (κ1) is 21.6. The molecule has 1 atom stereocenters. The van der Waals surface area contributed by atoms with Crippen molar-refractivity contribution in [2.24, 2.45) is 0 Å². The van der Waals surface area contributed by atoms with Gasteiger partial charge in [-0.1, -0.05) is 52.7 Å². The molecule has 0 saturated carbocycles. The van der Waals surface area contributed by atoms with Gasteiger partial charge in [0, 0.05) is 34.6 Å². The molecular formula is C23H20Cl2N6O2. The fourth-order valence-corrected chi connectivity index (χ4v) is 4.55. The first-order valence-corrected chi connectivity index (χ1v) is 11.4. The van der Waals surface area contributed by atoms with Crippen LogP contribution in [0.5, 0.6) is 0 Å². The Balaban J connectivity index is 1.44. The maximum absolute atomic E-state index is 13.0.